The Morgan fingerprint density at radius 2 is 0.812 bits per heavy atom. The molecular formula is C111H158BBr2Cl2N13O15. The quantitative estimate of drug-likeness (QED) is 0.0266. The van der Waals surface area contributed by atoms with Gasteiger partial charge >= 0.3 is 31.0 Å². The molecule has 8 aliphatic heterocycles. The first-order valence-corrected chi connectivity index (χ1v) is 51.7. The first kappa shape index (κ1) is 122. The highest BCUT2D eigenvalue weighted by Crippen LogP contribution is 2.34. The lowest BCUT2D eigenvalue weighted by Gasteiger charge is -2.35. The van der Waals surface area contributed by atoms with Crippen LogP contribution in [0.4, 0.5) is 0 Å². The van der Waals surface area contributed by atoms with E-state index in [1.807, 2.05) is 167 Å². The summed E-state index contributed by atoms with van der Waals surface area (Å²) in [6.07, 6.45) is 16.7. The summed E-state index contributed by atoms with van der Waals surface area (Å²) in [5.74, 6) is 1.33. The lowest BCUT2D eigenvalue weighted by atomic mass is 9.72. The van der Waals surface area contributed by atoms with Crippen molar-refractivity contribution in [2.75, 3.05) is 140 Å². The van der Waals surface area contributed by atoms with Crippen molar-refractivity contribution in [1.82, 2.24) is 64.6 Å². The van der Waals surface area contributed by atoms with E-state index in [0.29, 0.717) is 61.5 Å². The van der Waals surface area contributed by atoms with Crippen LogP contribution in [0.3, 0.4) is 0 Å². The third-order valence-corrected chi connectivity index (χ3v) is 25.3. The highest BCUT2D eigenvalue weighted by Gasteiger charge is 2.37. The number of aliphatic hydroxyl groups excluding tert-OH is 1. The Hall–Kier alpha value is -9.03. The second kappa shape index (κ2) is 59.2. The predicted molar refractivity (Wildman–Crippen MR) is 582 cm³/mol. The SMILES string of the molecule is CC(C)(C)OC(=O)c1cccc(Br)n1.CN1CC=C(B2OCC(C)(C)CO2)CC1.CN1CC=C(c2cccc(C(=O)OC(C)(C)C)n2)CC1.CN1CCC(c2cccc(C(=O)OC(C)(C)C)n2)CC1.CN1CCC(c2cccc(C(O)OC(C)(C)C)n2)CC1.Cc1ccccc1OC1CCN(C(=O)c2cccc(C3CCN(C)CC3)n2)CC1.Cc1ccccc1OC1CCNCC1.Cl.Cl.O=C(O)c1cccc(Br)n1. The Bertz CT molecular complexity index is 5360. The fourth-order valence-corrected chi connectivity index (χ4v) is 17.1. The zero-order valence-corrected chi connectivity index (χ0v) is 93.5. The number of carboxylic acids is 1. The van der Waals surface area contributed by atoms with E-state index in [0.717, 1.165) is 222 Å². The van der Waals surface area contributed by atoms with Crippen molar-refractivity contribution < 1.29 is 71.9 Å². The minimum Gasteiger partial charge on any atom is -0.490 e. The van der Waals surface area contributed by atoms with Gasteiger partial charge in [-0.2, -0.15) is 0 Å². The number of hydrogen-bond donors (Lipinski definition) is 3. The molecule has 6 fully saturated rings. The number of amides is 1. The van der Waals surface area contributed by atoms with E-state index >= 15 is 0 Å². The number of aliphatic hydroxyl groups is 1. The molecule has 0 spiro atoms. The van der Waals surface area contributed by atoms with E-state index in [1.165, 1.54) is 22.7 Å². The molecule has 1 amide bonds. The molecule has 0 aliphatic carbocycles. The molecule has 6 aromatic heterocycles. The number of piperidine rings is 5. The molecule has 8 aliphatic rings. The van der Waals surface area contributed by atoms with E-state index in [-0.39, 0.29) is 72.6 Å². The number of aromatic nitrogens is 6. The van der Waals surface area contributed by atoms with Crippen molar-refractivity contribution in [3.8, 4) is 11.5 Å². The molecule has 8 aromatic rings. The molecular weight excluding hydrogens is 2000 g/mol. The second-order valence-electron chi connectivity index (χ2n) is 42.5. The Balaban J connectivity index is 0.000000227. The number of nitrogens with zero attached hydrogens (tertiary/aromatic N) is 12. The molecule has 0 radical (unpaired) electrons. The van der Waals surface area contributed by atoms with Gasteiger partial charge in [-0.05, 0) is 388 Å². The van der Waals surface area contributed by atoms with Gasteiger partial charge in [-0.1, -0.05) is 98.8 Å². The van der Waals surface area contributed by atoms with Crippen LogP contribution in [-0.2, 0) is 28.3 Å². The summed E-state index contributed by atoms with van der Waals surface area (Å²) in [4.78, 5) is 98.4. The number of aryl methyl sites for hydroxylation is 2. The zero-order valence-electron chi connectivity index (χ0n) is 88.6. The van der Waals surface area contributed by atoms with Gasteiger partial charge in [-0.15, -0.1) is 24.8 Å². The average Bonchev–Trinajstić information content (AvgIpc) is 0.797. The fourth-order valence-electron chi connectivity index (χ4n) is 16.4. The second-order valence-corrected chi connectivity index (χ2v) is 44.1. The minimum absolute atomic E-state index is 0. The number of benzene rings is 2. The van der Waals surface area contributed by atoms with Gasteiger partial charge in [0.1, 0.15) is 78.2 Å². The normalized spacial score (nSPS) is 17.9. The zero-order chi connectivity index (χ0) is 103. The molecule has 788 valence electrons. The lowest BCUT2D eigenvalue weighted by Crippen LogP contribution is -2.43. The van der Waals surface area contributed by atoms with Crippen LogP contribution in [-0.4, -0.2) is 281 Å². The van der Waals surface area contributed by atoms with Gasteiger partial charge in [0.05, 0.1) is 17.0 Å². The monoisotopic (exact) mass is 2150 g/mol. The predicted octanol–water partition coefficient (Wildman–Crippen LogP) is 20.8. The topological polar surface area (TPSA) is 308 Å². The Morgan fingerprint density at radius 3 is 1.22 bits per heavy atom. The van der Waals surface area contributed by atoms with Crippen LogP contribution in [0.1, 0.15) is 290 Å². The number of likely N-dealkylation sites (tertiary alicyclic amines) is 4. The summed E-state index contributed by atoms with van der Waals surface area (Å²) in [5, 5.41) is 21.9. The number of pyridine rings is 6. The van der Waals surface area contributed by atoms with Gasteiger partial charge < -0.3 is 82.7 Å². The molecule has 14 heterocycles. The fraction of sp³-hybridized carbons (Fsp3) is 0.541. The lowest BCUT2D eigenvalue weighted by molar-refractivity contribution is -0.171. The van der Waals surface area contributed by atoms with Crippen molar-refractivity contribution in [3.05, 3.63) is 253 Å². The molecule has 2 aromatic carbocycles. The maximum Gasteiger partial charge on any atom is 0.489 e. The maximum absolute atomic E-state index is 13.0. The molecule has 0 bridgehead atoms. The maximum atomic E-state index is 13.0. The number of carbonyl (C=O) groups is 5. The number of hydrogen-bond acceptors (Lipinski definition) is 26. The first-order valence-electron chi connectivity index (χ1n) is 50.1. The number of carboxylic acid groups (broad SMARTS) is 1. The van der Waals surface area contributed by atoms with Crippen molar-refractivity contribution >= 4 is 99.1 Å². The van der Waals surface area contributed by atoms with Gasteiger partial charge in [-0.3, -0.25) is 9.78 Å². The van der Waals surface area contributed by atoms with Gasteiger partial charge in [-0.25, -0.2) is 44.1 Å². The first-order chi connectivity index (χ1) is 67.2. The summed E-state index contributed by atoms with van der Waals surface area (Å²) >= 11 is 6.25. The van der Waals surface area contributed by atoms with Crippen LogP contribution in [0.25, 0.3) is 5.57 Å². The summed E-state index contributed by atoms with van der Waals surface area (Å²) in [6.45, 7) is 46.8. The van der Waals surface area contributed by atoms with E-state index < -0.39 is 35.0 Å². The number of likely N-dealkylation sites (N-methyl/N-ethyl adjacent to an activating group) is 2. The molecule has 1 atom stereocenters. The molecule has 144 heavy (non-hydrogen) atoms. The average molecular weight is 2160 g/mol. The Morgan fingerprint density at radius 1 is 0.431 bits per heavy atom. The van der Waals surface area contributed by atoms with Gasteiger partial charge in [0.15, 0.2) is 6.29 Å². The van der Waals surface area contributed by atoms with Crippen molar-refractivity contribution in [3.63, 3.8) is 0 Å². The molecule has 16 rings (SSSR count). The third kappa shape index (κ3) is 44.2. The van der Waals surface area contributed by atoms with Crippen molar-refractivity contribution in [2.24, 2.45) is 5.41 Å². The van der Waals surface area contributed by atoms with E-state index in [4.69, 9.17) is 47.8 Å². The van der Waals surface area contributed by atoms with Crippen LogP contribution < -0.4 is 14.8 Å². The van der Waals surface area contributed by atoms with Crippen molar-refractivity contribution in [1.29, 1.82) is 0 Å². The Labute approximate surface area is 885 Å². The smallest absolute Gasteiger partial charge is 0.489 e. The number of ether oxygens (including phenoxy) is 6. The molecule has 6 saturated heterocycles. The number of carbonyl (C=O) groups excluding carboxylic acids is 4. The summed E-state index contributed by atoms with van der Waals surface area (Å²) in [5.41, 5.74) is 9.60. The molecule has 0 saturated carbocycles. The van der Waals surface area contributed by atoms with Crippen molar-refractivity contribution in [2.45, 2.75) is 246 Å². The van der Waals surface area contributed by atoms with Gasteiger partial charge in [0, 0.05) is 106 Å². The molecule has 33 heteroatoms. The highest BCUT2D eigenvalue weighted by molar-refractivity contribution is 9.10. The number of esters is 3. The largest absolute Gasteiger partial charge is 0.490 e. The molecule has 1 unspecified atom stereocenters. The van der Waals surface area contributed by atoms with E-state index in [1.54, 1.807) is 42.5 Å². The van der Waals surface area contributed by atoms with Crippen LogP contribution in [0, 0.1) is 19.3 Å². The summed E-state index contributed by atoms with van der Waals surface area (Å²) < 4.78 is 46.2. The highest BCUT2D eigenvalue weighted by atomic mass is 79.9. The summed E-state index contributed by atoms with van der Waals surface area (Å²) in [6, 6.07) is 49.1. The number of halogens is 4. The van der Waals surface area contributed by atoms with E-state index in [2.05, 4.69) is 192 Å². The molecule has 3 N–H and O–H groups in total. The number of aromatic carboxylic acids is 1. The number of para-hydroxylation sites is 2. The van der Waals surface area contributed by atoms with Crippen LogP contribution >= 0.6 is 56.7 Å². The van der Waals surface area contributed by atoms with Crippen LogP contribution in [0.2, 0.25) is 0 Å². The number of nitrogens with one attached hydrogen (secondary N) is 1. The minimum atomic E-state index is -1.01. The third-order valence-electron chi connectivity index (χ3n) is 24.4. The standard InChI is InChI=1S/C24H31N3O2.C16H26N2O2.C16H24N2O2.C16H22N2O2.C12H17NO.C11H20BNO2.C10H12BrNO2.C6H4BrNO2.2ClH/c1-18-6-3-4-9-23(18)29-20-12-16-27(17-13-20)24(28)22-8-5-7-21(25-22)19-10-14-26(2)15-11-19;3*1-16(2,3)20-15(19)14-7-5-6-13(17-14)12-8-10-18(4)11-9-12;1-10-4-2-3-5-12(10)14-11-6-8-13-9-7-11;1-11(2)8-14-12(15-9-11)10-4-6-13(3)7-5-10;1-10(2,3)14-9(13)7-5-4-6-8(11)12-7;7-5-3-1-2-4(8-5)6(9)10;;/h3-9,19-20H,10-17H2,1-2H3;5-7,12,15,19H,8-11H2,1-4H3;5-7,12H,8-11H2,1-4H3;5-8H,9-11H2,1-4H3;2-5,11,13H,6-9H2,1H3;4H,5-9H2,1-3H3;4-6H,1-3H3;1-3H,(H,9,10);2*1H. The number of rotatable bonds is 16. The van der Waals surface area contributed by atoms with Crippen LogP contribution in [0.5, 0.6) is 11.5 Å². The van der Waals surface area contributed by atoms with Gasteiger partial charge in [0.2, 0.25) is 0 Å². The van der Waals surface area contributed by atoms with E-state index in [9.17, 15) is 29.1 Å². The summed E-state index contributed by atoms with van der Waals surface area (Å²) in [7, 11) is 10.6. The Kier molecular flexibility index (Phi) is 50.1. The van der Waals surface area contributed by atoms with Crippen LogP contribution in [0.15, 0.2) is 185 Å². The molecule has 28 nitrogen and oxygen atoms in total. The van der Waals surface area contributed by atoms with Gasteiger partial charge in [0.25, 0.3) is 5.91 Å².